The highest BCUT2D eigenvalue weighted by atomic mass is 35.5. The Morgan fingerprint density at radius 2 is 1.82 bits per heavy atom. The molecule has 8 heteroatoms. The highest BCUT2D eigenvalue weighted by molar-refractivity contribution is 7.22. The predicted molar refractivity (Wildman–Crippen MR) is 137 cm³/mol. The molecule has 0 N–H and O–H groups in total. The lowest BCUT2D eigenvalue weighted by molar-refractivity contribution is 0.0742. The number of rotatable bonds is 2. The summed E-state index contributed by atoms with van der Waals surface area (Å²) in [6, 6.07) is 17.1. The van der Waals surface area contributed by atoms with Gasteiger partial charge in [-0.15, -0.1) is 0 Å². The fourth-order valence-corrected chi connectivity index (χ4v) is 5.89. The van der Waals surface area contributed by atoms with E-state index in [1.807, 2.05) is 49.4 Å². The van der Waals surface area contributed by atoms with Gasteiger partial charge < -0.3 is 14.2 Å². The van der Waals surface area contributed by atoms with Crippen LogP contribution in [0.1, 0.15) is 15.9 Å². The number of aryl methyl sites for hydroxylation is 1. The number of carbonyl (C=O) groups excluding carboxylic acids is 1. The summed E-state index contributed by atoms with van der Waals surface area (Å²) >= 11 is 7.94. The summed E-state index contributed by atoms with van der Waals surface area (Å²) in [6.07, 6.45) is 0. The van der Waals surface area contributed by atoms with Crippen molar-refractivity contribution in [2.45, 2.75) is 6.92 Å². The second kappa shape index (κ2) is 8.11. The van der Waals surface area contributed by atoms with Gasteiger partial charge in [-0.25, -0.2) is 9.78 Å². The lowest BCUT2D eigenvalue weighted by atomic mass is 10.0. The second-order valence-corrected chi connectivity index (χ2v) is 9.85. The minimum Gasteiger partial charge on any atom is -0.422 e. The van der Waals surface area contributed by atoms with Crippen LogP contribution < -0.4 is 10.5 Å². The van der Waals surface area contributed by atoms with Gasteiger partial charge in [-0.05, 0) is 41.5 Å². The molecule has 0 spiro atoms. The molecule has 0 bridgehead atoms. The van der Waals surface area contributed by atoms with Crippen molar-refractivity contribution < 1.29 is 9.21 Å². The summed E-state index contributed by atoms with van der Waals surface area (Å²) in [5, 5.41) is 4.35. The zero-order valence-corrected chi connectivity index (χ0v) is 19.9. The smallest absolute Gasteiger partial charge is 0.349 e. The van der Waals surface area contributed by atoms with Crippen LogP contribution in [0.5, 0.6) is 0 Å². The van der Waals surface area contributed by atoms with Crippen LogP contribution in [0.2, 0.25) is 5.02 Å². The molecule has 1 fully saturated rings. The molecule has 1 aliphatic rings. The van der Waals surface area contributed by atoms with Gasteiger partial charge in [-0.2, -0.15) is 0 Å². The summed E-state index contributed by atoms with van der Waals surface area (Å²) in [4.78, 5) is 34.6. The standard InChI is InChI=1S/C26H20ClN3O3S/c1-15-6-8-20(27)23-22(15)28-26(34-23)30-12-10-29(11-13-30)24(31)19-14-18-17-5-3-2-4-16(17)7-9-21(18)33-25(19)32/h2-9,14H,10-13H2,1H3. The summed E-state index contributed by atoms with van der Waals surface area (Å²) in [7, 11) is 0. The van der Waals surface area contributed by atoms with E-state index in [4.69, 9.17) is 21.0 Å². The largest absolute Gasteiger partial charge is 0.422 e. The lowest BCUT2D eigenvalue weighted by Crippen LogP contribution is -2.49. The number of amides is 1. The maximum atomic E-state index is 13.3. The molecule has 5 aromatic rings. The Kier molecular flexibility index (Phi) is 5.04. The molecule has 3 heterocycles. The van der Waals surface area contributed by atoms with E-state index in [9.17, 15) is 9.59 Å². The Morgan fingerprint density at radius 1 is 1.03 bits per heavy atom. The first-order valence-corrected chi connectivity index (χ1v) is 12.2. The number of fused-ring (bicyclic) bond motifs is 4. The fraction of sp³-hybridized carbons (Fsp3) is 0.192. The monoisotopic (exact) mass is 489 g/mol. The van der Waals surface area contributed by atoms with Crippen LogP contribution in [0.25, 0.3) is 32.0 Å². The third-order valence-corrected chi connectivity index (χ3v) is 7.97. The van der Waals surface area contributed by atoms with Crippen molar-refractivity contribution in [2.24, 2.45) is 0 Å². The Morgan fingerprint density at radius 3 is 2.62 bits per heavy atom. The number of halogens is 1. The van der Waals surface area contributed by atoms with Crippen LogP contribution in [0.15, 0.2) is 63.8 Å². The molecule has 0 atom stereocenters. The van der Waals surface area contributed by atoms with E-state index in [0.29, 0.717) is 36.8 Å². The third kappa shape index (κ3) is 3.43. The van der Waals surface area contributed by atoms with Gasteiger partial charge in [0.25, 0.3) is 5.91 Å². The second-order valence-electron chi connectivity index (χ2n) is 8.46. The number of carbonyl (C=O) groups is 1. The van der Waals surface area contributed by atoms with E-state index in [1.54, 1.807) is 28.4 Å². The van der Waals surface area contributed by atoms with E-state index in [1.165, 1.54) is 0 Å². The maximum absolute atomic E-state index is 13.3. The van der Waals surface area contributed by atoms with Crippen LogP contribution in [0, 0.1) is 6.92 Å². The van der Waals surface area contributed by atoms with Crippen molar-refractivity contribution in [1.29, 1.82) is 0 Å². The van der Waals surface area contributed by atoms with Gasteiger partial charge in [-0.1, -0.05) is 59.3 Å². The quantitative estimate of drug-likeness (QED) is 0.242. The van der Waals surface area contributed by atoms with Crippen LogP contribution in [0.3, 0.4) is 0 Å². The minimum absolute atomic E-state index is 0.0692. The topological polar surface area (TPSA) is 66.7 Å². The molecule has 34 heavy (non-hydrogen) atoms. The van der Waals surface area contributed by atoms with E-state index in [0.717, 1.165) is 37.1 Å². The summed E-state index contributed by atoms with van der Waals surface area (Å²) in [6.45, 7) is 4.27. The molecule has 170 valence electrons. The van der Waals surface area contributed by atoms with Gasteiger partial charge in [0.1, 0.15) is 11.1 Å². The number of thiazole rings is 1. The van der Waals surface area contributed by atoms with E-state index < -0.39 is 5.63 Å². The van der Waals surface area contributed by atoms with Gasteiger partial charge in [0.05, 0.1) is 15.2 Å². The highest BCUT2D eigenvalue weighted by Crippen LogP contribution is 2.36. The zero-order chi connectivity index (χ0) is 23.4. The molecule has 0 aliphatic carbocycles. The number of nitrogens with zero attached hydrogens (tertiary/aromatic N) is 3. The molecule has 0 radical (unpaired) electrons. The van der Waals surface area contributed by atoms with E-state index >= 15 is 0 Å². The predicted octanol–water partition coefficient (Wildman–Crippen LogP) is 5.48. The fourth-order valence-electron chi connectivity index (χ4n) is 4.52. The number of piperazine rings is 1. The van der Waals surface area contributed by atoms with Gasteiger partial charge in [0.2, 0.25) is 0 Å². The van der Waals surface area contributed by atoms with Gasteiger partial charge in [0, 0.05) is 31.6 Å². The molecule has 1 amide bonds. The van der Waals surface area contributed by atoms with E-state index in [-0.39, 0.29) is 11.5 Å². The molecule has 6 nitrogen and oxygen atoms in total. The first kappa shape index (κ1) is 21.1. The summed E-state index contributed by atoms with van der Waals surface area (Å²) in [5.41, 5.74) is 1.96. The summed E-state index contributed by atoms with van der Waals surface area (Å²) < 4.78 is 6.51. The van der Waals surface area contributed by atoms with Crippen molar-refractivity contribution in [3.05, 3.63) is 81.2 Å². The molecule has 0 unspecified atom stereocenters. The van der Waals surface area contributed by atoms with E-state index in [2.05, 4.69) is 4.90 Å². The Bertz CT molecular complexity index is 1610. The minimum atomic E-state index is -0.605. The molecule has 1 aliphatic heterocycles. The third-order valence-electron chi connectivity index (χ3n) is 6.40. The highest BCUT2D eigenvalue weighted by Gasteiger charge is 2.27. The Hall–Kier alpha value is -3.42. The number of anilines is 1. The van der Waals surface area contributed by atoms with Crippen molar-refractivity contribution in [1.82, 2.24) is 9.88 Å². The van der Waals surface area contributed by atoms with Crippen LogP contribution in [-0.2, 0) is 0 Å². The van der Waals surface area contributed by atoms with Gasteiger partial charge in [0.15, 0.2) is 5.13 Å². The zero-order valence-electron chi connectivity index (χ0n) is 18.4. The molecular formula is C26H20ClN3O3S. The summed E-state index contributed by atoms with van der Waals surface area (Å²) in [5.74, 6) is -0.300. The van der Waals surface area contributed by atoms with Crippen LogP contribution >= 0.6 is 22.9 Å². The Balaban J connectivity index is 1.27. The lowest BCUT2D eigenvalue weighted by Gasteiger charge is -2.34. The molecule has 2 aromatic heterocycles. The number of benzene rings is 3. The molecule has 1 saturated heterocycles. The maximum Gasteiger partial charge on any atom is 0.349 e. The number of aromatic nitrogens is 1. The first-order valence-electron chi connectivity index (χ1n) is 11.0. The molecular weight excluding hydrogens is 470 g/mol. The molecule has 3 aromatic carbocycles. The Labute approximate surface area is 204 Å². The van der Waals surface area contributed by atoms with Gasteiger partial charge >= 0.3 is 5.63 Å². The number of hydrogen-bond acceptors (Lipinski definition) is 6. The average Bonchev–Trinajstić information content (AvgIpc) is 3.32. The van der Waals surface area contributed by atoms with Gasteiger partial charge in [-0.3, -0.25) is 4.79 Å². The first-order chi connectivity index (χ1) is 16.5. The molecule has 6 rings (SSSR count). The van der Waals surface area contributed by atoms with Crippen molar-refractivity contribution in [3.63, 3.8) is 0 Å². The van der Waals surface area contributed by atoms with Crippen LogP contribution in [0.4, 0.5) is 5.13 Å². The normalized spacial score (nSPS) is 14.4. The van der Waals surface area contributed by atoms with Crippen molar-refractivity contribution >= 4 is 65.9 Å². The number of hydrogen-bond donors (Lipinski definition) is 0. The average molecular weight is 490 g/mol. The van der Waals surface area contributed by atoms with Crippen molar-refractivity contribution in [3.8, 4) is 0 Å². The molecule has 0 saturated carbocycles. The van der Waals surface area contributed by atoms with Crippen molar-refractivity contribution in [2.75, 3.05) is 31.1 Å². The SMILES string of the molecule is Cc1ccc(Cl)c2sc(N3CCN(C(=O)c4cc5c(ccc6ccccc65)oc4=O)CC3)nc12. The van der Waals surface area contributed by atoms with Crippen LogP contribution in [-0.4, -0.2) is 42.0 Å².